The summed E-state index contributed by atoms with van der Waals surface area (Å²) < 4.78 is 9.62. The zero-order valence-corrected chi connectivity index (χ0v) is 18.1. The van der Waals surface area contributed by atoms with Gasteiger partial charge >= 0.3 is 5.97 Å². The second-order valence-corrected chi connectivity index (χ2v) is 8.34. The third-order valence-electron chi connectivity index (χ3n) is 4.56. The third kappa shape index (κ3) is 3.64. The summed E-state index contributed by atoms with van der Waals surface area (Å²) in [6.07, 6.45) is 3.73. The van der Waals surface area contributed by atoms with Crippen LogP contribution in [0.4, 0.5) is 0 Å². The molecule has 4 aromatic rings. The molecular formula is C21H19ClN4O3S. The van der Waals surface area contributed by atoms with Crippen LogP contribution in [0.25, 0.3) is 16.6 Å². The van der Waals surface area contributed by atoms with E-state index in [1.54, 1.807) is 25.4 Å². The highest BCUT2D eigenvalue weighted by molar-refractivity contribution is 7.99. The standard InChI is InChI=1S/C21H19ClN4O3S/c1-12(2)25-11-14(10-23-25)26-17-9-13(22)7-8-15(17)19(20(26)29-3)30-18-6-4-5-16(24-18)21(27)28/h4-12H,1-3H3,(H,27,28). The number of pyridine rings is 1. The Kier molecular flexibility index (Phi) is 5.44. The second-order valence-electron chi connectivity index (χ2n) is 6.88. The van der Waals surface area contributed by atoms with Crippen LogP contribution in [0.1, 0.15) is 30.4 Å². The Hall–Kier alpha value is -2.97. The summed E-state index contributed by atoms with van der Waals surface area (Å²) in [6, 6.07) is 10.7. The van der Waals surface area contributed by atoms with Gasteiger partial charge < -0.3 is 9.84 Å². The smallest absolute Gasteiger partial charge is 0.354 e. The lowest BCUT2D eigenvalue weighted by molar-refractivity contribution is 0.0689. The minimum atomic E-state index is -1.07. The summed E-state index contributed by atoms with van der Waals surface area (Å²) in [5.41, 5.74) is 1.69. The van der Waals surface area contributed by atoms with Gasteiger partial charge in [-0.05, 0) is 38.1 Å². The molecule has 7 nitrogen and oxygen atoms in total. The summed E-state index contributed by atoms with van der Waals surface area (Å²) in [5.74, 6) is -0.470. The minimum Gasteiger partial charge on any atom is -0.481 e. The number of benzene rings is 1. The van der Waals surface area contributed by atoms with E-state index in [2.05, 4.69) is 23.9 Å². The van der Waals surface area contributed by atoms with Crippen molar-refractivity contribution in [1.82, 2.24) is 19.3 Å². The molecule has 0 aliphatic rings. The number of carboxylic acids is 1. The molecule has 0 aliphatic carbocycles. The molecule has 0 saturated carbocycles. The Labute approximate surface area is 182 Å². The zero-order valence-electron chi connectivity index (χ0n) is 16.5. The van der Waals surface area contributed by atoms with Crippen LogP contribution in [0, 0.1) is 0 Å². The van der Waals surface area contributed by atoms with E-state index in [4.69, 9.17) is 16.3 Å². The van der Waals surface area contributed by atoms with E-state index in [0.717, 1.165) is 21.5 Å². The first-order valence-corrected chi connectivity index (χ1v) is 10.4. The SMILES string of the molecule is COc1c(Sc2cccc(C(=O)O)n2)c2ccc(Cl)cc2n1-c1cnn(C(C)C)c1. The van der Waals surface area contributed by atoms with Crippen molar-refractivity contribution in [2.45, 2.75) is 29.8 Å². The van der Waals surface area contributed by atoms with Gasteiger partial charge in [0.15, 0.2) is 0 Å². The second kappa shape index (κ2) is 8.04. The first-order chi connectivity index (χ1) is 14.4. The van der Waals surface area contributed by atoms with Gasteiger partial charge in [0.05, 0.1) is 29.4 Å². The highest BCUT2D eigenvalue weighted by Gasteiger charge is 2.22. The van der Waals surface area contributed by atoms with Crippen LogP contribution in [0.5, 0.6) is 5.88 Å². The summed E-state index contributed by atoms with van der Waals surface area (Å²) >= 11 is 7.64. The molecule has 154 valence electrons. The molecule has 0 bridgehead atoms. The number of ether oxygens (including phenoxy) is 1. The molecule has 3 heterocycles. The maximum absolute atomic E-state index is 11.3. The summed E-state index contributed by atoms with van der Waals surface area (Å²) in [7, 11) is 1.60. The Morgan fingerprint density at radius 1 is 1.27 bits per heavy atom. The Balaban J connectivity index is 1.91. The van der Waals surface area contributed by atoms with Crippen molar-refractivity contribution >= 4 is 40.2 Å². The zero-order chi connectivity index (χ0) is 21.4. The number of nitrogens with zero attached hydrogens (tertiary/aromatic N) is 4. The average molecular weight is 443 g/mol. The molecule has 3 aromatic heterocycles. The molecule has 30 heavy (non-hydrogen) atoms. The number of aromatic carboxylic acids is 1. The molecule has 0 spiro atoms. The first-order valence-electron chi connectivity index (χ1n) is 9.19. The van der Waals surface area contributed by atoms with Crippen molar-refractivity contribution in [2.75, 3.05) is 7.11 Å². The number of rotatable bonds is 6. The van der Waals surface area contributed by atoms with E-state index in [9.17, 15) is 9.90 Å². The van der Waals surface area contributed by atoms with Crippen LogP contribution >= 0.6 is 23.4 Å². The van der Waals surface area contributed by atoms with Crippen molar-refractivity contribution in [3.63, 3.8) is 0 Å². The predicted molar refractivity (Wildman–Crippen MR) is 116 cm³/mol. The van der Waals surface area contributed by atoms with Gasteiger partial charge in [0, 0.05) is 22.6 Å². The monoisotopic (exact) mass is 442 g/mol. The fourth-order valence-electron chi connectivity index (χ4n) is 3.17. The molecule has 4 rings (SSSR count). The number of hydrogen-bond acceptors (Lipinski definition) is 5. The predicted octanol–water partition coefficient (Wildman–Crippen LogP) is 5.31. The number of methoxy groups -OCH3 is 1. The summed E-state index contributed by atoms with van der Waals surface area (Å²) in [4.78, 5) is 16.3. The highest BCUT2D eigenvalue weighted by atomic mass is 35.5. The van der Waals surface area contributed by atoms with Gasteiger partial charge in [-0.25, -0.2) is 9.78 Å². The topological polar surface area (TPSA) is 82.2 Å². The number of fused-ring (bicyclic) bond motifs is 1. The van der Waals surface area contributed by atoms with E-state index in [-0.39, 0.29) is 11.7 Å². The molecule has 0 aliphatic heterocycles. The molecule has 1 aromatic carbocycles. The van der Waals surface area contributed by atoms with E-state index >= 15 is 0 Å². The van der Waals surface area contributed by atoms with Crippen LogP contribution in [-0.4, -0.2) is 37.5 Å². The molecule has 0 radical (unpaired) electrons. The number of carboxylic acid groups (broad SMARTS) is 1. The van der Waals surface area contributed by atoms with Gasteiger partial charge in [-0.2, -0.15) is 5.10 Å². The van der Waals surface area contributed by atoms with Crippen molar-refractivity contribution in [2.24, 2.45) is 0 Å². The largest absolute Gasteiger partial charge is 0.481 e. The van der Waals surface area contributed by atoms with Crippen LogP contribution < -0.4 is 4.74 Å². The van der Waals surface area contributed by atoms with Crippen LogP contribution in [0.15, 0.2) is 58.7 Å². The average Bonchev–Trinajstić information content (AvgIpc) is 3.31. The fourth-order valence-corrected chi connectivity index (χ4v) is 4.38. The van der Waals surface area contributed by atoms with Crippen LogP contribution in [0.3, 0.4) is 0 Å². The number of aromatic nitrogens is 4. The molecule has 0 unspecified atom stereocenters. The van der Waals surface area contributed by atoms with Gasteiger partial charge in [0.2, 0.25) is 5.88 Å². The normalized spacial score (nSPS) is 11.4. The molecule has 1 N–H and O–H groups in total. The summed E-state index contributed by atoms with van der Waals surface area (Å²) in [5, 5.41) is 15.8. The molecule has 0 saturated heterocycles. The van der Waals surface area contributed by atoms with Gasteiger partial charge in [0.25, 0.3) is 0 Å². The van der Waals surface area contributed by atoms with Gasteiger partial charge in [0.1, 0.15) is 10.7 Å². The molecular weight excluding hydrogens is 424 g/mol. The lowest BCUT2D eigenvalue weighted by atomic mass is 10.2. The maximum atomic E-state index is 11.3. The summed E-state index contributed by atoms with van der Waals surface area (Å²) in [6.45, 7) is 4.11. The van der Waals surface area contributed by atoms with Gasteiger partial charge in [-0.15, -0.1) is 0 Å². The van der Waals surface area contributed by atoms with Crippen LogP contribution in [0.2, 0.25) is 5.02 Å². The fraction of sp³-hybridized carbons (Fsp3) is 0.190. The van der Waals surface area contributed by atoms with Gasteiger partial charge in [-0.1, -0.05) is 35.5 Å². The lowest BCUT2D eigenvalue weighted by Gasteiger charge is -2.09. The molecule has 0 atom stereocenters. The minimum absolute atomic E-state index is 0.0102. The lowest BCUT2D eigenvalue weighted by Crippen LogP contribution is -2.01. The number of carbonyl (C=O) groups is 1. The Morgan fingerprint density at radius 3 is 2.73 bits per heavy atom. The van der Waals surface area contributed by atoms with E-state index in [1.165, 1.54) is 17.8 Å². The first kappa shape index (κ1) is 20.3. The Morgan fingerprint density at radius 2 is 2.07 bits per heavy atom. The molecule has 0 amide bonds. The van der Waals surface area contributed by atoms with Gasteiger partial charge in [-0.3, -0.25) is 9.25 Å². The third-order valence-corrected chi connectivity index (χ3v) is 5.83. The van der Waals surface area contributed by atoms with E-state index in [0.29, 0.717) is 15.9 Å². The van der Waals surface area contributed by atoms with Crippen molar-refractivity contribution in [3.8, 4) is 11.6 Å². The highest BCUT2D eigenvalue weighted by Crippen LogP contribution is 2.44. The number of halogens is 1. The maximum Gasteiger partial charge on any atom is 0.354 e. The molecule has 0 fully saturated rings. The quantitative estimate of drug-likeness (QED) is 0.435. The van der Waals surface area contributed by atoms with E-state index in [1.807, 2.05) is 33.6 Å². The van der Waals surface area contributed by atoms with E-state index < -0.39 is 5.97 Å². The number of hydrogen-bond donors (Lipinski definition) is 1. The van der Waals surface area contributed by atoms with Crippen LogP contribution in [-0.2, 0) is 0 Å². The van der Waals surface area contributed by atoms with Crippen molar-refractivity contribution in [3.05, 3.63) is 59.5 Å². The van der Waals surface area contributed by atoms with Crippen molar-refractivity contribution < 1.29 is 14.6 Å². The molecule has 9 heteroatoms. The Bertz CT molecular complexity index is 1250. The van der Waals surface area contributed by atoms with Crippen molar-refractivity contribution in [1.29, 1.82) is 0 Å².